The molecule has 46 heavy (non-hydrogen) atoms. The number of pyridine rings is 1. The summed E-state index contributed by atoms with van der Waals surface area (Å²) in [4.78, 5) is 7.08. The van der Waals surface area contributed by atoms with Crippen LogP contribution in [0, 0.1) is 23.0 Å². The molecule has 13 heteroatoms. The van der Waals surface area contributed by atoms with Gasteiger partial charge in [-0.3, -0.25) is 4.90 Å². The molecule has 2 saturated heterocycles. The van der Waals surface area contributed by atoms with Gasteiger partial charge in [-0.1, -0.05) is 17.7 Å². The fourth-order valence-corrected chi connectivity index (χ4v) is 9.81. The lowest BCUT2D eigenvalue weighted by Gasteiger charge is -2.53. The van der Waals surface area contributed by atoms with Crippen molar-refractivity contribution in [1.82, 2.24) is 9.88 Å². The molecule has 3 aromatic rings. The van der Waals surface area contributed by atoms with Crippen LogP contribution >= 0.6 is 11.6 Å². The van der Waals surface area contributed by atoms with E-state index in [-0.39, 0.29) is 22.7 Å². The number of likely N-dealkylation sites (tertiary alicyclic amines) is 1. The van der Waals surface area contributed by atoms with Crippen molar-refractivity contribution < 1.29 is 31.1 Å². The third-order valence-corrected chi connectivity index (χ3v) is 12.8. The zero-order valence-corrected chi connectivity index (χ0v) is 27.3. The predicted molar refractivity (Wildman–Crippen MR) is 169 cm³/mol. The SMILES string of the molecule is COc1ccc(CN(c2cccc(F)n2)S(=O)(=O)c2c(F)cc(N3CC[C@@]4(CCC4N4CCCC45CC5)C3)c(Cl)c2F)c(OC)c1. The second kappa shape index (κ2) is 11.5. The van der Waals surface area contributed by atoms with Crippen LogP contribution < -0.4 is 18.7 Å². The number of anilines is 2. The smallest absolute Gasteiger partial charge is 0.271 e. The Morgan fingerprint density at radius 1 is 1.02 bits per heavy atom. The van der Waals surface area contributed by atoms with Crippen molar-refractivity contribution in [1.29, 1.82) is 0 Å². The van der Waals surface area contributed by atoms with Crippen molar-refractivity contribution in [3.63, 3.8) is 0 Å². The van der Waals surface area contributed by atoms with E-state index in [0.717, 1.165) is 37.9 Å². The normalized spacial score (nSPS) is 23.6. The van der Waals surface area contributed by atoms with Crippen LogP contribution in [0.2, 0.25) is 5.02 Å². The minimum absolute atomic E-state index is 0.0260. The molecule has 4 aliphatic rings. The van der Waals surface area contributed by atoms with E-state index in [1.807, 2.05) is 4.90 Å². The van der Waals surface area contributed by atoms with E-state index in [4.69, 9.17) is 21.1 Å². The summed E-state index contributed by atoms with van der Waals surface area (Å²) in [6, 6.07) is 9.66. The van der Waals surface area contributed by atoms with Crippen LogP contribution in [0.1, 0.15) is 50.5 Å². The maximum Gasteiger partial charge on any atom is 0.271 e. The summed E-state index contributed by atoms with van der Waals surface area (Å²) >= 11 is 6.56. The topological polar surface area (TPSA) is 75.2 Å². The van der Waals surface area contributed by atoms with Gasteiger partial charge < -0.3 is 14.4 Å². The number of aromatic nitrogens is 1. The van der Waals surface area contributed by atoms with Gasteiger partial charge in [-0.2, -0.15) is 4.39 Å². The lowest BCUT2D eigenvalue weighted by molar-refractivity contribution is -0.0251. The maximum absolute atomic E-state index is 16.2. The highest BCUT2D eigenvalue weighted by Crippen LogP contribution is 2.59. The van der Waals surface area contributed by atoms with Gasteiger partial charge in [-0.25, -0.2) is 26.5 Å². The fraction of sp³-hybridized carbons (Fsp3) is 0.485. The van der Waals surface area contributed by atoms with Gasteiger partial charge in [0.25, 0.3) is 10.0 Å². The van der Waals surface area contributed by atoms with Gasteiger partial charge in [-0.05, 0) is 75.8 Å². The molecule has 7 rings (SSSR count). The first kappa shape index (κ1) is 31.4. The van der Waals surface area contributed by atoms with Gasteiger partial charge in [0.05, 0.1) is 26.5 Å². The van der Waals surface area contributed by atoms with Gasteiger partial charge in [0.15, 0.2) is 10.7 Å². The average molecular weight is 677 g/mol. The fourth-order valence-electron chi connectivity index (χ4n) is 7.98. The Labute approximate surface area is 272 Å². The number of halogens is 4. The second-order valence-electron chi connectivity index (χ2n) is 13.0. The van der Waals surface area contributed by atoms with Crippen LogP contribution in [0.5, 0.6) is 11.5 Å². The monoisotopic (exact) mass is 676 g/mol. The average Bonchev–Trinajstić information content (AvgIpc) is 3.47. The summed E-state index contributed by atoms with van der Waals surface area (Å²) in [6.45, 7) is 1.80. The standard InChI is InChI=1S/C33H36ClF3N4O4S/c1-44-22-8-7-21(25(17-22)45-2)19-41(28-6-3-5-27(36)38-28)46(42,43)31-23(35)18-24(29(34)30(31)37)39-16-14-32(20-39)11-9-26(32)40-15-4-10-33(40)12-13-33/h3,5-8,17-18,26H,4,9-16,19-20H2,1-2H3/t26?,32-/m0/s1. The number of nitrogens with zero attached hydrogens (tertiary/aromatic N) is 4. The molecule has 2 aliphatic heterocycles. The van der Waals surface area contributed by atoms with Gasteiger partial charge in [-0.15, -0.1) is 0 Å². The Morgan fingerprint density at radius 3 is 2.50 bits per heavy atom. The van der Waals surface area contributed by atoms with E-state index < -0.39 is 44.1 Å². The second-order valence-corrected chi connectivity index (χ2v) is 15.1. The van der Waals surface area contributed by atoms with E-state index in [1.165, 1.54) is 58.1 Å². The predicted octanol–water partition coefficient (Wildman–Crippen LogP) is 6.55. The highest BCUT2D eigenvalue weighted by Gasteiger charge is 2.61. The summed E-state index contributed by atoms with van der Waals surface area (Å²) in [6.07, 6.45) is 7.99. The lowest BCUT2D eigenvalue weighted by atomic mass is 9.63. The Kier molecular flexibility index (Phi) is 7.84. The molecular formula is C33H36ClF3N4O4S. The summed E-state index contributed by atoms with van der Waals surface area (Å²) in [5.41, 5.74) is 0.839. The number of methoxy groups -OCH3 is 2. The summed E-state index contributed by atoms with van der Waals surface area (Å²) in [5.74, 6) is -3.33. The highest BCUT2D eigenvalue weighted by atomic mass is 35.5. The van der Waals surface area contributed by atoms with Crippen molar-refractivity contribution in [2.45, 2.75) is 68.0 Å². The minimum atomic E-state index is -5.02. The number of hydrogen-bond acceptors (Lipinski definition) is 7. The van der Waals surface area contributed by atoms with Crippen molar-refractivity contribution in [2.75, 3.05) is 43.1 Å². The largest absolute Gasteiger partial charge is 0.497 e. The summed E-state index contributed by atoms with van der Waals surface area (Å²) < 4.78 is 86.1. The van der Waals surface area contributed by atoms with Crippen LogP contribution in [0.3, 0.4) is 0 Å². The van der Waals surface area contributed by atoms with E-state index >= 15 is 8.78 Å². The van der Waals surface area contributed by atoms with Crippen LogP contribution in [-0.4, -0.2) is 63.7 Å². The summed E-state index contributed by atoms with van der Waals surface area (Å²) in [7, 11) is -2.17. The Hall–Kier alpha value is -3.22. The third-order valence-electron chi connectivity index (χ3n) is 10.6. The first-order valence-corrected chi connectivity index (χ1v) is 17.4. The number of ether oxygens (including phenoxy) is 2. The quantitative estimate of drug-likeness (QED) is 0.188. The molecule has 0 amide bonds. The van der Waals surface area contributed by atoms with Crippen LogP contribution in [0.15, 0.2) is 47.4 Å². The van der Waals surface area contributed by atoms with E-state index in [9.17, 15) is 12.8 Å². The van der Waals surface area contributed by atoms with Crippen LogP contribution in [0.25, 0.3) is 0 Å². The molecule has 4 fully saturated rings. The molecule has 0 radical (unpaired) electrons. The lowest BCUT2D eigenvalue weighted by Crippen LogP contribution is -2.58. The number of rotatable bonds is 9. The number of benzene rings is 2. The Bertz CT molecular complexity index is 1790. The van der Waals surface area contributed by atoms with Crippen molar-refractivity contribution in [2.24, 2.45) is 5.41 Å². The van der Waals surface area contributed by atoms with Crippen molar-refractivity contribution in [3.8, 4) is 11.5 Å². The van der Waals surface area contributed by atoms with E-state index in [2.05, 4.69) is 9.88 Å². The summed E-state index contributed by atoms with van der Waals surface area (Å²) in [5, 5.41) is -0.470. The molecule has 2 aliphatic carbocycles. The molecule has 1 unspecified atom stereocenters. The van der Waals surface area contributed by atoms with Gasteiger partial charge in [0.1, 0.15) is 28.2 Å². The molecule has 8 nitrogen and oxygen atoms in total. The molecule has 246 valence electrons. The molecule has 0 N–H and O–H groups in total. The Balaban J connectivity index is 1.22. The van der Waals surface area contributed by atoms with Gasteiger partial charge in [0.2, 0.25) is 5.95 Å². The molecule has 1 aromatic heterocycles. The van der Waals surface area contributed by atoms with E-state index in [0.29, 0.717) is 40.3 Å². The molecule has 2 atom stereocenters. The molecule has 3 heterocycles. The van der Waals surface area contributed by atoms with Crippen LogP contribution in [0.4, 0.5) is 24.7 Å². The third kappa shape index (κ3) is 5.07. The highest BCUT2D eigenvalue weighted by molar-refractivity contribution is 7.92. The minimum Gasteiger partial charge on any atom is -0.497 e. The zero-order valence-electron chi connectivity index (χ0n) is 25.7. The zero-order chi connectivity index (χ0) is 32.4. The molecular weight excluding hydrogens is 641 g/mol. The molecule has 2 aromatic carbocycles. The van der Waals surface area contributed by atoms with E-state index in [1.54, 1.807) is 12.1 Å². The van der Waals surface area contributed by atoms with Crippen molar-refractivity contribution in [3.05, 3.63) is 70.6 Å². The first-order chi connectivity index (χ1) is 22.0. The van der Waals surface area contributed by atoms with Crippen molar-refractivity contribution >= 4 is 33.1 Å². The molecule has 2 spiro atoms. The number of hydrogen-bond donors (Lipinski definition) is 0. The van der Waals surface area contributed by atoms with Gasteiger partial charge in [0, 0.05) is 47.8 Å². The molecule has 0 bridgehead atoms. The van der Waals surface area contributed by atoms with Gasteiger partial charge >= 0.3 is 0 Å². The number of sulfonamides is 1. The first-order valence-electron chi connectivity index (χ1n) is 15.6. The molecule has 2 saturated carbocycles. The Morgan fingerprint density at radius 2 is 1.83 bits per heavy atom. The maximum atomic E-state index is 16.2. The van der Waals surface area contributed by atoms with Crippen LogP contribution in [-0.2, 0) is 16.6 Å².